The molecule has 1 amide bonds. The lowest BCUT2D eigenvalue weighted by molar-refractivity contribution is -0.384. The van der Waals surface area contributed by atoms with E-state index in [9.17, 15) is 14.9 Å². The Morgan fingerprint density at radius 2 is 2.05 bits per heavy atom. The maximum atomic E-state index is 12.0. The minimum absolute atomic E-state index is 0.151. The van der Waals surface area contributed by atoms with Gasteiger partial charge in [-0.25, -0.2) is 0 Å². The van der Waals surface area contributed by atoms with Crippen LogP contribution in [0.1, 0.15) is 15.9 Å². The van der Waals surface area contributed by atoms with Crippen molar-refractivity contribution < 1.29 is 9.72 Å². The fraction of sp³-hybridized carbons (Fsp3) is 0. The average Bonchev–Trinajstić information content (AvgIpc) is 2.49. The van der Waals surface area contributed by atoms with Crippen LogP contribution in [0, 0.1) is 21.4 Å². The Labute approximate surface area is 124 Å². The molecule has 0 unspecified atom stereocenters. The topological polar surface area (TPSA) is 96.0 Å². The van der Waals surface area contributed by atoms with Crippen LogP contribution in [0.5, 0.6) is 0 Å². The molecule has 0 radical (unpaired) electrons. The lowest BCUT2D eigenvalue weighted by Crippen LogP contribution is -2.12. The standard InChI is InChI=1S/C14H8ClN3O3/c15-13-5-4-11(6-10(13)8-16)17-14(19)9-2-1-3-12(7-9)18(20)21/h1-7H,(H,17,19). The van der Waals surface area contributed by atoms with Gasteiger partial charge in [-0.1, -0.05) is 17.7 Å². The first kappa shape index (κ1) is 14.5. The zero-order chi connectivity index (χ0) is 15.4. The number of nitro groups is 1. The zero-order valence-electron chi connectivity index (χ0n) is 10.5. The smallest absolute Gasteiger partial charge is 0.270 e. The summed E-state index contributed by atoms with van der Waals surface area (Å²) in [5.41, 5.74) is 0.593. The van der Waals surface area contributed by atoms with Crippen LogP contribution in [0.25, 0.3) is 0 Å². The number of benzene rings is 2. The molecule has 21 heavy (non-hydrogen) atoms. The van der Waals surface area contributed by atoms with E-state index in [1.54, 1.807) is 6.07 Å². The van der Waals surface area contributed by atoms with Gasteiger partial charge < -0.3 is 5.32 Å². The maximum absolute atomic E-state index is 12.0. The Kier molecular flexibility index (Phi) is 4.16. The molecular weight excluding hydrogens is 294 g/mol. The molecule has 0 saturated carbocycles. The Morgan fingerprint density at radius 1 is 1.29 bits per heavy atom. The summed E-state index contributed by atoms with van der Waals surface area (Å²) in [4.78, 5) is 22.1. The second kappa shape index (κ2) is 6.03. The van der Waals surface area contributed by atoms with Gasteiger partial charge in [0.1, 0.15) is 6.07 Å². The summed E-state index contributed by atoms with van der Waals surface area (Å²) in [5.74, 6) is -0.509. The van der Waals surface area contributed by atoms with Gasteiger partial charge in [0.25, 0.3) is 11.6 Å². The minimum atomic E-state index is -0.577. The normalized spacial score (nSPS) is 9.71. The van der Waals surface area contributed by atoms with Gasteiger partial charge in [0.15, 0.2) is 0 Å². The minimum Gasteiger partial charge on any atom is -0.322 e. The molecule has 2 aromatic rings. The van der Waals surface area contributed by atoms with Crippen molar-refractivity contribution in [3.63, 3.8) is 0 Å². The van der Waals surface area contributed by atoms with Crippen LogP contribution >= 0.6 is 11.6 Å². The average molecular weight is 302 g/mol. The number of anilines is 1. The molecule has 104 valence electrons. The molecule has 0 fully saturated rings. The van der Waals surface area contributed by atoms with E-state index in [1.807, 2.05) is 6.07 Å². The lowest BCUT2D eigenvalue weighted by Gasteiger charge is -2.06. The lowest BCUT2D eigenvalue weighted by atomic mass is 10.1. The van der Waals surface area contributed by atoms with Crippen molar-refractivity contribution in [3.8, 4) is 6.07 Å². The van der Waals surface area contributed by atoms with Gasteiger partial charge in [0, 0.05) is 23.4 Å². The molecule has 0 aliphatic carbocycles. The van der Waals surface area contributed by atoms with Crippen molar-refractivity contribution in [1.82, 2.24) is 0 Å². The molecule has 0 aromatic heterocycles. The van der Waals surface area contributed by atoms with E-state index in [0.717, 1.165) is 0 Å². The molecular formula is C14H8ClN3O3. The van der Waals surface area contributed by atoms with E-state index in [2.05, 4.69) is 5.32 Å². The molecule has 0 atom stereocenters. The highest BCUT2D eigenvalue weighted by molar-refractivity contribution is 6.31. The molecule has 1 N–H and O–H groups in total. The van der Waals surface area contributed by atoms with Crippen LogP contribution in [0.4, 0.5) is 11.4 Å². The van der Waals surface area contributed by atoms with E-state index in [0.29, 0.717) is 5.69 Å². The van der Waals surface area contributed by atoms with Gasteiger partial charge in [0.05, 0.1) is 15.5 Å². The first-order chi connectivity index (χ1) is 10.0. The third kappa shape index (κ3) is 3.35. The molecule has 7 heteroatoms. The summed E-state index contributed by atoms with van der Waals surface area (Å²) in [6.45, 7) is 0. The first-order valence-electron chi connectivity index (χ1n) is 5.76. The number of nitriles is 1. The maximum Gasteiger partial charge on any atom is 0.270 e. The summed E-state index contributed by atoms with van der Waals surface area (Å²) >= 11 is 5.80. The number of amides is 1. The number of halogens is 1. The first-order valence-corrected chi connectivity index (χ1v) is 6.14. The molecule has 0 heterocycles. The molecule has 0 bridgehead atoms. The summed E-state index contributed by atoms with van der Waals surface area (Å²) in [6, 6.07) is 11.7. The fourth-order valence-corrected chi connectivity index (χ4v) is 1.81. The number of nitrogens with one attached hydrogen (secondary N) is 1. The number of nitro benzene ring substituents is 1. The van der Waals surface area contributed by atoms with E-state index in [4.69, 9.17) is 16.9 Å². The van der Waals surface area contributed by atoms with Crippen molar-refractivity contribution in [3.05, 3.63) is 68.7 Å². The highest BCUT2D eigenvalue weighted by Gasteiger charge is 2.12. The summed E-state index contributed by atoms with van der Waals surface area (Å²) in [5, 5.41) is 22.4. The van der Waals surface area contributed by atoms with E-state index in [1.165, 1.54) is 36.4 Å². The zero-order valence-corrected chi connectivity index (χ0v) is 11.3. The molecule has 2 rings (SSSR count). The number of hydrogen-bond acceptors (Lipinski definition) is 4. The fourth-order valence-electron chi connectivity index (χ4n) is 1.65. The predicted molar refractivity (Wildman–Crippen MR) is 77.2 cm³/mol. The van der Waals surface area contributed by atoms with Crippen molar-refractivity contribution in [1.29, 1.82) is 5.26 Å². The number of carbonyl (C=O) groups excluding carboxylic acids is 1. The van der Waals surface area contributed by atoms with E-state index in [-0.39, 0.29) is 21.8 Å². The molecule has 0 aliphatic heterocycles. The quantitative estimate of drug-likeness (QED) is 0.694. The monoisotopic (exact) mass is 301 g/mol. The Hall–Kier alpha value is -2.91. The molecule has 0 aliphatic rings. The summed E-state index contributed by atoms with van der Waals surface area (Å²) < 4.78 is 0. The van der Waals surface area contributed by atoms with Gasteiger partial charge in [-0.05, 0) is 24.3 Å². The number of nitrogens with zero attached hydrogens (tertiary/aromatic N) is 2. The van der Waals surface area contributed by atoms with Crippen LogP contribution < -0.4 is 5.32 Å². The Balaban J connectivity index is 2.24. The Bertz CT molecular complexity index is 768. The second-order valence-electron chi connectivity index (χ2n) is 4.07. The van der Waals surface area contributed by atoms with Gasteiger partial charge in [-0.3, -0.25) is 14.9 Å². The van der Waals surface area contributed by atoms with Crippen molar-refractivity contribution in [2.45, 2.75) is 0 Å². The van der Waals surface area contributed by atoms with Gasteiger partial charge in [-0.2, -0.15) is 5.26 Å². The highest BCUT2D eigenvalue weighted by atomic mass is 35.5. The molecule has 6 nitrogen and oxygen atoms in total. The Morgan fingerprint density at radius 3 is 2.71 bits per heavy atom. The number of carbonyl (C=O) groups is 1. The second-order valence-corrected chi connectivity index (χ2v) is 4.48. The largest absolute Gasteiger partial charge is 0.322 e. The van der Waals surface area contributed by atoms with E-state index < -0.39 is 10.8 Å². The number of rotatable bonds is 3. The number of hydrogen-bond donors (Lipinski definition) is 1. The summed E-state index contributed by atoms with van der Waals surface area (Å²) in [7, 11) is 0. The van der Waals surface area contributed by atoms with Gasteiger partial charge in [-0.15, -0.1) is 0 Å². The van der Waals surface area contributed by atoms with Crippen molar-refractivity contribution in [2.24, 2.45) is 0 Å². The van der Waals surface area contributed by atoms with Crippen LogP contribution in [-0.2, 0) is 0 Å². The van der Waals surface area contributed by atoms with Gasteiger partial charge >= 0.3 is 0 Å². The molecule has 2 aromatic carbocycles. The summed E-state index contributed by atoms with van der Waals surface area (Å²) in [6.07, 6.45) is 0. The van der Waals surface area contributed by atoms with Crippen LogP contribution in [-0.4, -0.2) is 10.8 Å². The van der Waals surface area contributed by atoms with Gasteiger partial charge in [0.2, 0.25) is 0 Å². The third-order valence-electron chi connectivity index (χ3n) is 2.66. The highest BCUT2D eigenvalue weighted by Crippen LogP contribution is 2.21. The van der Waals surface area contributed by atoms with Crippen LogP contribution in [0.3, 0.4) is 0 Å². The molecule has 0 spiro atoms. The third-order valence-corrected chi connectivity index (χ3v) is 2.99. The molecule has 0 saturated heterocycles. The van der Waals surface area contributed by atoms with Crippen LogP contribution in [0.15, 0.2) is 42.5 Å². The predicted octanol–water partition coefficient (Wildman–Crippen LogP) is 3.37. The van der Waals surface area contributed by atoms with Crippen molar-refractivity contribution >= 4 is 28.9 Å². The SMILES string of the molecule is N#Cc1cc(NC(=O)c2cccc([N+](=O)[O-])c2)ccc1Cl. The van der Waals surface area contributed by atoms with Crippen LogP contribution in [0.2, 0.25) is 5.02 Å². The van der Waals surface area contributed by atoms with Crippen molar-refractivity contribution in [2.75, 3.05) is 5.32 Å². The number of non-ortho nitro benzene ring substituents is 1. The van der Waals surface area contributed by atoms with E-state index >= 15 is 0 Å².